The summed E-state index contributed by atoms with van der Waals surface area (Å²) in [6, 6.07) is 22.6. The number of fused-ring (bicyclic) bond motifs is 4. The first-order chi connectivity index (χ1) is 43.6. The summed E-state index contributed by atoms with van der Waals surface area (Å²) in [4.78, 5) is 40.5. The number of pyridine rings is 1. The molecule has 492 valence electrons. The molecule has 10 atom stereocenters. The van der Waals surface area contributed by atoms with Crippen LogP contribution in [0.1, 0.15) is 51.7 Å². The Balaban J connectivity index is 0.000000204. The Morgan fingerprint density at radius 2 is 1.08 bits per heavy atom. The maximum atomic E-state index is 13.9. The number of carbonyl (C=O) groups is 2. The molecule has 0 aliphatic carbocycles. The van der Waals surface area contributed by atoms with Crippen LogP contribution in [0, 0.1) is 33.8 Å². The SMILES string of the molecule is CC(C)CN(C[C@@H](O)[C@H](Cc1ccc(O)cc1)NC(=O)O[C@H]1CO[C@H]2OCC[C@H]21)S(=O)(=O)c1ccc2c(c1)OCO2.CC(C)CN(C[C@@H](O)[C@H](Cc1ccc(Oc2ccc([N+](=O)[O-])cn2)cc1)NC(=O)O[C@H]1CO[C@H]2OCC[C@H]21)S(=O)(=O)c1ccc2c(c1)OCO2. The van der Waals surface area contributed by atoms with E-state index in [9.17, 15) is 51.9 Å². The number of hydrogen-bond donors (Lipinski definition) is 5. The average molecular weight is 1310 g/mol. The zero-order valence-corrected chi connectivity index (χ0v) is 52.0. The predicted molar refractivity (Wildman–Crippen MR) is 319 cm³/mol. The summed E-state index contributed by atoms with van der Waals surface area (Å²) in [6.45, 7) is 8.50. The van der Waals surface area contributed by atoms with Gasteiger partial charge >= 0.3 is 12.2 Å². The normalized spacial score (nSPS) is 21.8. The molecule has 5 N–H and O–H groups in total. The van der Waals surface area contributed by atoms with Gasteiger partial charge in [0, 0.05) is 50.4 Å². The van der Waals surface area contributed by atoms with Crippen LogP contribution in [0.5, 0.6) is 40.4 Å². The van der Waals surface area contributed by atoms with E-state index in [0.29, 0.717) is 60.4 Å². The van der Waals surface area contributed by atoms with Crippen LogP contribution >= 0.6 is 0 Å². The lowest BCUT2D eigenvalue weighted by atomic mass is 10.0. The Labute approximate surface area is 525 Å². The maximum absolute atomic E-state index is 13.9. The molecule has 4 saturated heterocycles. The molecule has 0 spiro atoms. The Morgan fingerprint density at radius 3 is 1.51 bits per heavy atom. The highest BCUT2D eigenvalue weighted by Crippen LogP contribution is 2.38. The summed E-state index contributed by atoms with van der Waals surface area (Å²) in [5, 5.41) is 49.2. The number of phenolic OH excluding ortho intramolecular Hbond substituents is 1. The number of aromatic nitrogens is 1. The van der Waals surface area contributed by atoms with E-state index in [4.69, 9.17) is 52.1 Å². The molecule has 0 unspecified atom stereocenters. The third-order valence-corrected chi connectivity index (χ3v) is 19.5. The van der Waals surface area contributed by atoms with Crippen LogP contribution in [0.4, 0.5) is 15.3 Å². The predicted octanol–water partition coefficient (Wildman–Crippen LogP) is 5.84. The second-order valence-electron chi connectivity index (χ2n) is 23.5. The van der Waals surface area contributed by atoms with Gasteiger partial charge in [0.15, 0.2) is 35.6 Å². The second kappa shape index (κ2) is 29.3. The van der Waals surface area contributed by atoms with Crippen molar-refractivity contribution in [2.75, 3.05) is 66.2 Å². The van der Waals surface area contributed by atoms with Crippen molar-refractivity contribution in [2.24, 2.45) is 23.7 Å². The molecule has 28 nitrogen and oxygen atoms in total. The van der Waals surface area contributed by atoms with Crippen molar-refractivity contribution in [2.45, 2.75) is 112 Å². The largest absolute Gasteiger partial charge is 0.508 e. The van der Waals surface area contributed by atoms with Crippen molar-refractivity contribution < 1.29 is 98.8 Å². The summed E-state index contributed by atoms with van der Waals surface area (Å²) in [6.07, 6.45) is -3.30. The fraction of sp³-hybridized carbons (Fsp3) is 0.492. The van der Waals surface area contributed by atoms with Crippen LogP contribution in [0.2, 0.25) is 0 Å². The second-order valence-corrected chi connectivity index (χ2v) is 27.3. The molecule has 91 heavy (non-hydrogen) atoms. The first-order valence-corrected chi connectivity index (χ1v) is 32.7. The number of rotatable bonds is 25. The summed E-state index contributed by atoms with van der Waals surface area (Å²) < 4.78 is 118. The lowest BCUT2D eigenvalue weighted by molar-refractivity contribution is -0.385. The zero-order chi connectivity index (χ0) is 64.6. The molecule has 7 heterocycles. The average Bonchev–Trinajstić information content (AvgIpc) is 1.78. The number of phenols is 1. The molecule has 4 aromatic carbocycles. The zero-order valence-electron chi connectivity index (χ0n) is 50.3. The summed E-state index contributed by atoms with van der Waals surface area (Å²) >= 11 is 0. The van der Waals surface area contributed by atoms with Gasteiger partial charge in [-0.3, -0.25) is 10.1 Å². The highest BCUT2D eigenvalue weighted by atomic mass is 32.2. The molecule has 2 amide bonds. The van der Waals surface area contributed by atoms with Gasteiger partial charge in [-0.25, -0.2) is 31.4 Å². The van der Waals surface area contributed by atoms with Crippen LogP contribution in [0.25, 0.3) is 0 Å². The molecule has 6 aliphatic heterocycles. The van der Waals surface area contributed by atoms with Crippen molar-refractivity contribution >= 4 is 37.9 Å². The standard InChI is InChI=1S/C33H38N4O12S.C28H36N2O10S/c1-20(2)16-36(50(42,43)24-8-9-28-29(14-24)47-19-46-28)17-27(38)26(35-33(39)49-30-18-45-32-25(30)11-12-44-32)13-21-3-6-23(7-4-21)48-31-10-5-22(15-34-31)37(40)41;1-17(2)13-30(41(34,35)20-7-8-24-25(12-20)39-16-38-24)14-23(32)22(11-18-3-5-19(31)6-4-18)29-28(33)40-26-15-37-27-21(26)9-10-36-27/h3-10,14-15,20,25-27,30,32,38H,11-13,16-19H2,1-2H3,(H,35,39);3-8,12,17,21-23,26-27,31-32H,9-11,13-16H2,1-2H3,(H,29,33)/t25-,26-,27+,30-,32+;21-,22-,23+,26-,27+/m00/s1. The number of nitro groups is 1. The molecule has 11 rings (SSSR count). The first kappa shape index (κ1) is 66.3. The van der Waals surface area contributed by atoms with Crippen molar-refractivity contribution in [3.8, 4) is 40.4 Å². The van der Waals surface area contributed by atoms with Gasteiger partial charge in [-0.1, -0.05) is 52.0 Å². The Kier molecular flexibility index (Phi) is 21.3. The molecular formula is C61H74N6O22S2. The number of carbonyl (C=O) groups excluding carboxylic acids is 2. The smallest absolute Gasteiger partial charge is 0.407 e. The number of nitrogens with zero attached hydrogens (tertiary/aromatic N) is 4. The number of hydrogen-bond acceptors (Lipinski definition) is 23. The van der Waals surface area contributed by atoms with Crippen molar-refractivity contribution in [1.29, 1.82) is 0 Å². The fourth-order valence-corrected chi connectivity index (χ4v) is 14.5. The number of sulfonamides is 2. The fourth-order valence-electron chi connectivity index (χ4n) is 11.2. The van der Waals surface area contributed by atoms with E-state index >= 15 is 0 Å². The molecule has 5 aromatic rings. The van der Waals surface area contributed by atoms with Gasteiger partial charge in [-0.05, 0) is 97.2 Å². The Bertz CT molecular complexity index is 3550. The minimum Gasteiger partial charge on any atom is -0.508 e. The highest BCUT2D eigenvalue weighted by molar-refractivity contribution is 7.89. The number of nitrogens with one attached hydrogen (secondary N) is 2. The van der Waals surface area contributed by atoms with Crippen LogP contribution < -0.4 is 34.3 Å². The monoisotopic (exact) mass is 1310 g/mol. The van der Waals surface area contributed by atoms with Gasteiger partial charge in [-0.2, -0.15) is 8.61 Å². The number of benzene rings is 4. The van der Waals surface area contributed by atoms with Crippen LogP contribution in [0.3, 0.4) is 0 Å². The minimum atomic E-state index is -4.12. The summed E-state index contributed by atoms with van der Waals surface area (Å²) in [5.74, 6) is 1.85. The van der Waals surface area contributed by atoms with Gasteiger partial charge in [-0.15, -0.1) is 0 Å². The maximum Gasteiger partial charge on any atom is 0.407 e. The van der Waals surface area contributed by atoms with Crippen LogP contribution in [-0.4, -0.2) is 178 Å². The Hall–Kier alpha value is -7.65. The van der Waals surface area contributed by atoms with Gasteiger partial charge in [0.05, 0.1) is 77.3 Å². The molecule has 6 aliphatic rings. The molecule has 4 fully saturated rings. The third kappa shape index (κ3) is 16.7. The van der Waals surface area contributed by atoms with E-state index in [1.165, 1.54) is 69.3 Å². The topological polar surface area (TPSA) is 351 Å². The molecule has 0 radical (unpaired) electrons. The lowest BCUT2D eigenvalue weighted by Crippen LogP contribution is -2.51. The first-order valence-electron chi connectivity index (χ1n) is 29.8. The van der Waals surface area contributed by atoms with Crippen molar-refractivity contribution in [1.82, 2.24) is 24.2 Å². The molecule has 30 heteroatoms. The highest BCUT2D eigenvalue weighted by Gasteiger charge is 2.46. The lowest BCUT2D eigenvalue weighted by Gasteiger charge is -2.31. The third-order valence-electron chi connectivity index (χ3n) is 15.8. The van der Waals surface area contributed by atoms with Crippen LogP contribution in [-0.2, 0) is 61.3 Å². The van der Waals surface area contributed by atoms with E-state index in [1.807, 2.05) is 27.7 Å². The number of aromatic hydroxyl groups is 1. The minimum absolute atomic E-state index is 0.00613. The van der Waals surface area contributed by atoms with E-state index in [1.54, 1.807) is 36.4 Å². The van der Waals surface area contributed by atoms with E-state index in [0.717, 1.165) is 11.8 Å². The molecule has 0 bridgehead atoms. The summed E-state index contributed by atoms with van der Waals surface area (Å²) in [7, 11) is -8.17. The molecular weight excluding hydrogens is 1230 g/mol. The summed E-state index contributed by atoms with van der Waals surface area (Å²) in [5.41, 5.74) is 1.23. The van der Waals surface area contributed by atoms with Gasteiger partial charge in [0.2, 0.25) is 39.5 Å². The van der Waals surface area contributed by atoms with Gasteiger partial charge < -0.3 is 78.1 Å². The van der Waals surface area contributed by atoms with Crippen LogP contribution in [0.15, 0.2) is 113 Å². The molecule has 1 aromatic heterocycles. The number of aliphatic hydroxyl groups is 2. The van der Waals surface area contributed by atoms with Crippen molar-refractivity contribution in [3.63, 3.8) is 0 Å². The van der Waals surface area contributed by atoms with E-state index in [-0.39, 0.29) is 117 Å². The number of aliphatic hydroxyl groups excluding tert-OH is 2. The van der Waals surface area contributed by atoms with Crippen molar-refractivity contribution in [3.05, 3.63) is 124 Å². The molecule has 0 saturated carbocycles. The number of ether oxygens (including phenoxy) is 11. The number of alkyl carbamates (subject to hydrolysis) is 2. The number of amides is 2. The Morgan fingerprint density at radius 1 is 0.626 bits per heavy atom. The van der Waals surface area contributed by atoms with Gasteiger partial charge in [0.1, 0.15) is 29.9 Å². The van der Waals surface area contributed by atoms with E-state index in [2.05, 4.69) is 15.6 Å². The van der Waals surface area contributed by atoms with E-state index < -0.39 is 86.2 Å². The van der Waals surface area contributed by atoms with Gasteiger partial charge in [0.25, 0.3) is 5.69 Å². The quantitative estimate of drug-likeness (QED) is 0.0338.